The van der Waals surface area contributed by atoms with Gasteiger partial charge in [0.25, 0.3) is 5.91 Å². The predicted octanol–water partition coefficient (Wildman–Crippen LogP) is 5.67. The molecule has 6 rings (SSSR count). The molecule has 2 aliphatic rings. The van der Waals surface area contributed by atoms with Crippen molar-refractivity contribution in [3.63, 3.8) is 0 Å². The number of nitrogens with one attached hydrogen (secondary N) is 2. The number of amides is 2. The van der Waals surface area contributed by atoms with E-state index in [2.05, 4.69) is 34.3 Å². The molecular formula is C32H35N5O3. The highest BCUT2D eigenvalue weighted by molar-refractivity contribution is 6.01. The van der Waals surface area contributed by atoms with Gasteiger partial charge in [-0.2, -0.15) is 5.10 Å². The number of fused-ring (bicyclic) bond motifs is 3. The van der Waals surface area contributed by atoms with Crippen molar-refractivity contribution in [2.45, 2.75) is 70.2 Å². The van der Waals surface area contributed by atoms with Crippen LogP contribution in [-0.4, -0.2) is 50.6 Å². The van der Waals surface area contributed by atoms with Crippen molar-refractivity contribution in [2.75, 3.05) is 0 Å². The highest BCUT2D eigenvalue weighted by Gasteiger charge is 2.40. The topological polar surface area (TPSA) is 100 Å². The number of hydrogen-bond acceptors (Lipinski definition) is 5. The van der Waals surface area contributed by atoms with Crippen LogP contribution in [0.2, 0.25) is 0 Å². The molecule has 2 amide bonds. The van der Waals surface area contributed by atoms with Gasteiger partial charge in [0.15, 0.2) is 0 Å². The number of nitrogens with zero attached hydrogens (tertiary/aromatic N) is 3. The van der Waals surface area contributed by atoms with Gasteiger partial charge in [-0.25, -0.2) is 0 Å². The second-order valence-electron chi connectivity index (χ2n) is 11.4. The van der Waals surface area contributed by atoms with Crippen LogP contribution in [0, 0.1) is 5.92 Å². The van der Waals surface area contributed by atoms with E-state index in [1.165, 1.54) is 0 Å². The van der Waals surface area contributed by atoms with Crippen LogP contribution in [0.4, 0.5) is 0 Å². The molecule has 40 heavy (non-hydrogen) atoms. The Morgan fingerprint density at radius 3 is 2.55 bits per heavy atom. The first-order valence-electron chi connectivity index (χ1n) is 14.2. The van der Waals surface area contributed by atoms with E-state index in [0.29, 0.717) is 23.6 Å². The molecular weight excluding hydrogens is 502 g/mol. The first-order valence-corrected chi connectivity index (χ1v) is 14.2. The van der Waals surface area contributed by atoms with Gasteiger partial charge in [0.2, 0.25) is 6.41 Å². The normalized spacial score (nSPS) is 21.0. The summed E-state index contributed by atoms with van der Waals surface area (Å²) >= 11 is 0. The number of pyridine rings is 1. The lowest BCUT2D eigenvalue weighted by Crippen LogP contribution is -2.45. The van der Waals surface area contributed by atoms with Crippen LogP contribution in [0.3, 0.4) is 0 Å². The minimum absolute atomic E-state index is 0.123. The van der Waals surface area contributed by atoms with Crippen molar-refractivity contribution in [1.82, 2.24) is 25.4 Å². The molecule has 0 saturated carbocycles. The maximum Gasteiger partial charge on any atom is 0.251 e. The summed E-state index contributed by atoms with van der Waals surface area (Å²) in [5.41, 5.74) is 4.04. The number of benzene rings is 2. The molecule has 4 heterocycles. The summed E-state index contributed by atoms with van der Waals surface area (Å²) in [5.74, 6) is 1.09. The predicted molar refractivity (Wildman–Crippen MR) is 154 cm³/mol. The molecule has 0 radical (unpaired) electrons. The average molecular weight is 538 g/mol. The standard InChI is InChI=1S/C32H35N5O3/c1-20(2)15-30(29-5-3-4-14-33-29)34-32(39)22-8-13-28-27(16-22)31(36-35-28)21-6-11-25(12-7-21)40-26-17-23-9-10-24(18-26)37(23)19-38/h3-8,11-14,16,19-20,23-24,26,30H,9-10,15,17-18H2,1-2H3,(H,34,39)(H,35,36)/t23-,24+,26-,30-/m0/s1. The van der Waals surface area contributed by atoms with E-state index in [1.807, 2.05) is 65.6 Å². The van der Waals surface area contributed by atoms with Crippen LogP contribution < -0.4 is 10.1 Å². The zero-order valence-corrected chi connectivity index (χ0v) is 22.9. The molecule has 4 atom stereocenters. The maximum atomic E-state index is 13.3. The molecule has 0 spiro atoms. The fourth-order valence-corrected chi connectivity index (χ4v) is 6.24. The first-order chi connectivity index (χ1) is 19.5. The van der Waals surface area contributed by atoms with Gasteiger partial charge in [0.1, 0.15) is 11.9 Å². The third kappa shape index (κ3) is 5.30. The van der Waals surface area contributed by atoms with Gasteiger partial charge in [0, 0.05) is 47.6 Å². The van der Waals surface area contributed by atoms with Crippen molar-refractivity contribution in [3.05, 3.63) is 78.1 Å². The Hall–Kier alpha value is -4.20. The van der Waals surface area contributed by atoms with Gasteiger partial charge in [-0.1, -0.05) is 19.9 Å². The molecule has 0 unspecified atom stereocenters. The summed E-state index contributed by atoms with van der Waals surface area (Å²) in [6.45, 7) is 4.28. The van der Waals surface area contributed by atoms with Crippen LogP contribution in [0.25, 0.3) is 22.2 Å². The molecule has 2 aromatic carbocycles. The number of carbonyl (C=O) groups excluding carboxylic acids is 2. The summed E-state index contributed by atoms with van der Waals surface area (Å²) in [6, 6.07) is 19.8. The van der Waals surface area contributed by atoms with Crippen molar-refractivity contribution < 1.29 is 14.3 Å². The number of ether oxygens (including phenoxy) is 1. The number of hydrogen-bond donors (Lipinski definition) is 2. The lowest BCUT2D eigenvalue weighted by Gasteiger charge is -2.36. The molecule has 2 N–H and O–H groups in total. The van der Waals surface area contributed by atoms with Gasteiger partial charge < -0.3 is 15.0 Å². The number of aromatic amines is 1. The summed E-state index contributed by atoms with van der Waals surface area (Å²) in [5, 5.41) is 11.7. The maximum absolute atomic E-state index is 13.3. The molecule has 2 aromatic heterocycles. The van der Waals surface area contributed by atoms with E-state index in [9.17, 15) is 9.59 Å². The van der Waals surface area contributed by atoms with Crippen molar-refractivity contribution in [1.29, 1.82) is 0 Å². The van der Waals surface area contributed by atoms with E-state index >= 15 is 0 Å². The number of H-pyrrole nitrogens is 1. The van der Waals surface area contributed by atoms with Crippen LogP contribution in [-0.2, 0) is 4.79 Å². The zero-order valence-electron chi connectivity index (χ0n) is 22.9. The Balaban J connectivity index is 1.18. The Bertz CT molecular complexity index is 1470. The second kappa shape index (κ2) is 11.1. The number of rotatable bonds is 9. The third-order valence-electron chi connectivity index (χ3n) is 8.18. The van der Waals surface area contributed by atoms with E-state index in [4.69, 9.17) is 4.74 Å². The molecule has 0 aliphatic carbocycles. The molecule has 2 aliphatic heterocycles. The van der Waals surface area contributed by atoms with Crippen LogP contribution >= 0.6 is 0 Å². The van der Waals surface area contributed by atoms with Crippen LogP contribution in [0.1, 0.15) is 68.0 Å². The number of carbonyl (C=O) groups is 2. The Morgan fingerprint density at radius 2 is 1.88 bits per heavy atom. The minimum Gasteiger partial charge on any atom is -0.490 e. The molecule has 8 heteroatoms. The average Bonchev–Trinajstić information content (AvgIpc) is 3.50. The molecule has 2 fully saturated rings. The van der Waals surface area contributed by atoms with E-state index in [-0.39, 0.29) is 18.1 Å². The molecule has 206 valence electrons. The smallest absolute Gasteiger partial charge is 0.251 e. The SMILES string of the molecule is CC(C)C[C@H](NC(=O)c1ccc2[nH]nc(-c3ccc(O[C@@H]4C[C@H]5CC[C@@H](C4)N5C=O)cc3)c2c1)c1ccccn1. The van der Waals surface area contributed by atoms with E-state index < -0.39 is 0 Å². The van der Waals surface area contributed by atoms with E-state index in [0.717, 1.165) is 72.1 Å². The molecule has 4 aromatic rings. The highest BCUT2D eigenvalue weighted by Crippen LogP contribution is 2.36. The Kier molecular flexibility index (Phi) is 7.24. The lowest BCUT2D eigenvalue weighted by atomic mass is 9.99. The monoisotopic (exact) mass is 537 g/mol. The quantitative estimate of drug-likeness (QED) is 0.268. The van der Waals surface area contributed by atoms with Crippen LogP contribution in [0.5, 0.6) is 5.75 Å². The highest BCUT2D eigenvalue weighted by atomic mass is 16.5. The third-order valence-corrected chi connectivity index (χ3v) is 8.18. The van der Waals surface area contributed by atoms with Crippen molar-refractivity contribution >= 4 is 23.2 Å². The number of aromatic nitrogens is 3. The van der Waals surface area contributed by atoms with Gasteiger partial charge in [-0.3, -0.25) is 19.7 Å². The fraction of sp³-hybridized carbons (Fsp3) is 0.375. The van der Waals surface area contributed by atoms with Crippen LogP contribution in [0.15, 0.2) is 66.9 Å². The molecule has 2 bridgehead atoms. The summed E-state index contributed by atoms with van der Waals surface area (Å²) in [4.78, 5) is 31.2. The number of piperidine rings is 1. The van der Waals surface area contributed by atoms with Crippen molar-refractivity contribution in [3.8, 4) is 17.0 Å². The first kappa shape index (κ1) is 26.0. The van der Waals surface area contributed by atoms with E-state index in [1.54, 1.807) is 6.20 Å². The largest absolute Gasteiger partial charge is 0.490 e. The summed E-state index contributed by atoms with van der Waals surface area (Å²) in [6.07, 6.45) is 7.57. The lowest BCUT2D eigenvalue weighted by molar-refractivity contribution is -0.123. The van der Waals surface area contributed by atoms with Crippen molar-refractivity contribution in [2.24, 2.45) is 5.92 Å². The van der Waals surface area contributed by atoms with Gasteiger partial charge in [-0.15, -0.1) is 0 Å². The van der Waals surface area contributed by atoms with Gasteiger partial charge in [-0.05, 0) is 79.8 Å². The molecule has 8 nitrogen and oxygen atoms in total. The molecule has 2 saturated heterocycles. The zero-order chi connectivity index (χ0) is 27.6. The minimum atomic E-state index is -0.165. The Morgan fingerprint density at radius 1 is 1.10 bits per heavy atom. The van der Waals surface area contributed by atoms with Gasteiger partial charge in [0.05, 0.1) is 22.9 Å². The van der Waals surface area contributed by atoms with Gasteiger partial charge >= 0.3 is 0 Å². The summed E-state index contributed by atoms with van der Waals surface area (Å²) < 4.78 is 6.31. The fourth-order valence-electron chi connectivity index (χ4n) is 6.24. The second-order valence-corrected chi connectivity index (χ2v) is 11.4. The summed E-state index contributed by atoms with van der Waals surface area (Å²) in [7, 11) is 0. The Labute approximate surface area is 234 Å².